The molecule has 0 aliphatic heterocycles. The van der Waals surface area contributed by atoms with Crippen LogP contribution >= 0.6 is 0 Å². The SMILES string of the molecule is CCC(NCCO)C(C)(C)C. The third-order valence-electron chi connectivity index (χ3n) is 1.96. The zero-order valence-electron chi connectivity index (χ0n) is 8.15. The average Bonchev–Trinajstić information content (AvgIpc) is 1.87. The van der Waals surface area contributed by atoms with Crippen LogP contribution in [0.4, 0.5) is 0 Å². The summed E-state index contributed by atoms with van der Waals surface area (Å²) in [7, 11) is 0. The number of aliphatic hydroxyl groups excluding tert-OH is 1. The molecule has 0 radical (unpaired) electrons. The van der Waals surface area contributed by atoms with Crippen molar-refractivity contribution in [3.8, 4) is 0 Å². The van der Waals surface area contributed by atoms with Crippen molar-refractivity contribution in [2.45, 2.75) is 40.2 Å². The average molecular weight is 159 g/mol. The molecule has 0 saturated heterocycles. The first-order valence-electron chi connectivity index (χ1n) is 4.36. The van der Waals surface area contributed by atoms with Gasteiger partial charge in [0.25, 0.3) is 0 Å². The van der Waals surface area contributed by atoms with Crippen LogP contribution in [0.15, 0.2) is 0 Å². The van der Waals surface area contributed by atoms with Gasteiger partial charge in [0, 0.05) is 12.6 Å². The second kappa shape index (κ2) is 4.73. The van der Waals surface area contributed by atoms with E-state index in [2.05, 4.69) is 33.0 Å². The lowest BCUT2D eigenvalue weighted by atomic mass is 9.85. The van der Waals surface area contributed by atoms with Crippen LogP contribution < -0.4 is 5.32 Å². The van der Waals surface area contributed by atoms with Crippen molar-refractivity contribution in [1.82, 2.24) is 5.32 Å². The molecule has 0 bridgehead atoms. The van der Waals surface area contributed by atoms with E-state index in [9.17, 15) is 0 Å². The van der Waals surface area contributed by atoms with Gasteiger partial charge in [-0.05, 0) is 11.8 Å². The smallest absolute Gasteiger partial charge is 0.0556 e. The van der Waals surface area contributed by atoms with E-state index >= 15 is 0 Å². The highest BCUT2D eigenvalue weighted by atomic mass is 16.3. The van der Waals surface area contributed by atoms with Crippen molar-refractivity contribution in [2.75, 3.05) is 13.2 Å². The van der Waals surface area contributed by atoms with Crippen molar-refractivity contribution in [3.63, 3.8) is 0 Å². The first-order chi connectivity index (χ1) is 5.02. The maximum Gasteiger partial charge on any atom is 0.0556 e. The summed E-state index contributed by atoms with van der Waals surface area (Å²) in [5.74, 6) is 0. The van der Waals surface area contributed by atoms with Gasteiger partial charge in [-0.1, -0.05) is 27.7 Å². The van der Waals surface area contributed by atoms with Crippen LogP contribution in [0, 0.1) is 5.41 Å². The van der Waals surface area contributed by atoms with Crippen molar-refractivity contribution < 1.29 is 5.11 Å². The highest BCUT2D eigenvalue weighted by Crippen LogP contribution is 2.20. The van der Waals surface area contributed by atoms with Gasteiger partial charge in [0.15, 0.2) is 0 Å². The summed E-state index contributed by atoms with van der Waals surface area (Å²) in [5, 5.41) is 11.9. The number of nitrogens with one attached hydrogen (secondary N) is 1. The molecule has 0 spiro atoms. The number of aliphatic hydroxyl groups is 1. The predicted molar refractivity (Wildman–Crippen MR) is 48.6 cm³/mol. The molecule has 0 aliphatic carbocycles. The Kier molecular flexibility index (Phi) is 4.69. The minimum atomic E-state index is 0.229. The minimum Gasteiger partial charge on any atom is -0.395 e. The van der Waals surface area contributed by atoms with E-state index < -0.39 is 0 Å². The van der Waals surface area contributed by atoms with Gasteiger partial charge in [0.1, 0.15) is 0 Å². The van der Waals surface area contributed by atoms with Crippen LogP contribution in [0.3, 0.4) is 0 Å². The van der Waals surface area contributed by atoms with E-state index in [-0.39, 0.29) is 6.61 Å². The molecule has 0 fully saturated rings. The molecule has 0 heterocycles. The largest absolute Gasteiger partial charge is 0.395 e. The molecule has 0 amide bonds. The van der Waals surface area contributed by atoms with E-state index in [1.54, 1.807) is 0 Å². The van der Waals surface area contributed by atoms with Gasteiger partial charge in [0.05, 0.1) is 6.61 Å². The van der Waals surface area contributed by atoms with Gasteiger partial charge >= 0.3 is 0 Å². The fraction of sp³-hybridized carbons (Fsp3) is 1.00. The van der Waals surface area contributed by atoms with Crippen LogP contribution in [-0.2, 0) is 0 Å². The highest BCUT2D eigenvalue weighted by molar-refractivity contribution is 4.78. The van der Waals surface area contributed by atoms with Gasteiger partial charge in [-0.2, -0.15) is 0 Å². The van der Waals surface area contributed by atoms with Crippen LogP contribution in [0.25, 0.3) is 0 Å². The maximum atomic E-state index is 8.61. The lowest BCUT2D eigenvalue weighted by Crippen LogP contribution is -2.41. The van der Waals surface area contributed by atoms with E-state index in [1.165, 1.54) is 0 Å². The Morgan fingerprint density at radius 3 is 2.18 bits per heavy atom. The zero-order chi connectivity index (χ0) is 8.91. The lowest BCUT2D eigenvalue weighted by Gasteiger charge is -2.30. The Bertz CT molecular complexity index is 96.2. The molecule has 11 heavy (non-hydrogen) atoms. The first-order valence-corrected chi connectivity index (χ1v) is 4.36. The van der Waals surface area contributed by atoms with E-state index in [0.717, 1.165) is 6.42 Å². The molecule has 0 aromatic carbocycles. The molecule has 2 heteroatoms. The molecule has 1 atom stereocenters. The molecule has 68 valence electrons. The van der Waals surface area contributed by atoms with Crippen LogP contribution in [-0.4, -0.2) is 24.3 Å². The molecule has 0 aliphatic rings. The molecular weight excluding hydrogens is 138 g/mol. The van der Waals surface area contributed by atoms with Gasteiger partial charge in [-0.3, -0.25) is 0 Å². The maximum absolute atomic E-state index is 8.61. The van der Waals surface area contributed by atoms with Crippen molar-refractivity contribution in [2.24, 2.45) is 5.41 Å². The Balaban J connectivity index is 3.76. The summed E-state index contributed by atoms with van der Waals surface area (Å²) in [6, 6.07) is 0.509. The fourth-order valence-electron chi connectivity index (χ4n) is 1.30. The monoisotopic (exact) mass is 159 g/mol. The van der Waals surface area contributed by atoms with Gasteiger partial charge in [-0.25, -0.2) is 0 Å². The standard InChI is InChI=1S/C9H21NO/c1-5-8(9(2,3)4)10-6-7-11/h8,10-11H,5-7H2,1-4H3. The summed E-state index contributed by atoms with van der Waals surface area (Å²) in [5.41, 5.74) is 0.296. The lowest BCUT2D eigenvalue weighted by molar-refractivity contribution is 0.229. The van der Waals surface area contributed by atoms with E-state index in [1.807, 2.05) is 0 Å². The molecule has 2 N–H and O–H groups in total. The highest BCUT2D eigenvalue weighted by Gasteiger charge is 2.21. The van der Waals surface area contributed by atoms with Crippen LogP contribution in [0.5, 0.6) is 0 Å². The number of hydrogen-bond acceptors (Lipinski definition) is 2. The Labute approximate surface area is 70.0 Å². The van der Waals surface area contributed by atoms with Crippen LogP contribution in [0.2, 0.25) is 0 Å². The third kappa shape index (κ3) is 4.38. The summed E-state index contributed by atoms with van der Waals surface area (Å²) in [6.07, 6.45) is 1.11. The fourth-order valence-corrected chi connectivity index (χ4v) is 1.30. The third-order valence-corrected chi connectivity index (χ3v) is 1.96. The Morgan fingerprint density at radius 1 is 1.36 bits per heavy atom. The second-order valence-corrected chi connectivity index (χ2v) is 4.00. The summed E-state index contributed by atoms with van der Waals surface area (Å²) in [6.45, 7) is 9.74. The molecule has 1 unspecified atom stereocenters. The first kappa shape index (κ1) is 10.9. The molecule has 2 nitrogen and oxygen atoms in total. The van der Waals surface area contributed by atoms with Gasteiger partial charge in [-0.15, -0.1) is 0 Å². The number of hydrogen-bond donors (Lipinski definition) is 2. The van der Waals surface area contributed by atoms with Crippen molar-refractivity contribution >= 4 is 0 Å². The summed E-state index contributed by atoms with van der Waals surface area (Å²) in [4.78, 5) is 0. The molecule has 0 rings (SSSR count). The van der Waals surface area contributed by atoms with E-state index in [0.29, 0.717) is 18.0 Å². The van der Waals surface area contributed by atoms with Crippen molar-refractivity contribution in [3.05, 3.63) is 0 Å². The minimum absolute atomic E-state index is 0.229. The number of rotatable bonds is 4. The Hall–Kier alpha value is -0.0800. The summed E-state index contributed by atoms with van der Waals surface area (Å²) >= 11 is 0. The molecule has 0 saturated carbocycles. The molecular formula is C9H21NO. The molecule has 0 aromatic heterocycles. The normalized spacial score (nSPS) is 15.0. The topological polar surface area (TPSA) is 32.3 Å². The van der Waals surface area contributed by atoms with Gasteiger partial charge in [0.2, 0.25) is 0 Å². The summed E-state index contributed by atoms with van der Waals surface area (Å²) < 4.78 is 0. The van der Waals surface area contributed by atoms with Crippen LogP contribution in [0.1, 0.15) is 34.1 Å². The zero-order valence-corrected chi connectivity index (χ0v) is 8.15. The molecule has 0 aromatic rings. The second-order valence-electron chi connectivity index (χ2n) is 4.00. The van der Waals surface area contributed by atoms with Crippen molar-refractivity contribution in [1.29, 1.82) is 0 Å². The predicted octanol–water partition coefficient (Wildman–Crippen LogP) is 1.39. The quantitative estimate of drug-likeness (QED) is 0.649. The Morgan fingerprint density at radius 2 is 1.91 bits per heavy atom. The van der Waals surface area contributed by atoms with Gasteiger partial charge < -0.3 is 10.4 Å². The van der Waals surface area contributed by atoms with E-state index in [4.69, 9.17) is 5.11 Å².